The first-order valence-corrected chi connectivity index (χ1v) is 12.5. The molecule has 0 saturated carbocycles. The molecule has 0 atom stereocenters. The third-order valence-corrected chi connectivity index (χ3v) is 6.09. The van der Waals surface area contributed by atoms with Gasteiger partial charge in [-0.1, -0.05) is 19.6 Å². The molecule has 198 valence electrons. The van der Waals surface area contributed by atoms with Gasteiger partial charge in [-0.25, -0.2) is 4.98 Å². The van der Waals surface area contributed by atoms with E-state index in [4.69, 9.17) is 15.2 Å². The Bertz CT molecular complexity index is 1300. The number of nitrogens with one attached hydrogen (secondary N) is 2. The molecule has 10 nitrogen and oxygen atoms in total. The van der Waals surface area contributed by atoms with Crippen molar-refractivity contribution >= 4 is 29.0 Å². The first-order valence-electron chi connectivity index (χ1n) is 12.5. The summed E-state index contributed by atoms with van der Waals surface area (Å²) in [6.45, 7) is 7.37. The molecule has 1 fully saturated rings. The standard InChI is InChI=1S/C28H32N6O4/c1-4-23-28(38-22-8-6-7-19(17-22)30-24(35)5-2)33-27(25(32-23)26(29)36)31-18-9-11-20(12-10-18)37-21-13-15-34(3)16-14-21/h5-12,17,21H,2,4,13-16H2,1,3H3,(H2,29,36)(H,30,35)(H,31,33). The van der Waals surface area contributed by atoms with E-state index in [9.17, 15) is 9.59 Å². The topological polar surface area (TPSA) is 132 Å². The van der Waals surface area contributed by atoms with Crippen LogP contribution in [0.1, 0.15) is 35.9 Å². The summed E-state index contributed by atoms with van der Waals surface area (Å²) < 4.78 is 12.1. The van der Waals surface area contributed by atoms with Crippen molar-refractivity contribution < 1.29 is 19.1 Å². The number of aryl methyl sites for hydroxylation is 1. The highest BCUT2D eigenvalue weighted by Crippen LogP contribution is 2.30. The third kappa shape index (κ3) is 6.86. The average molecular weight is 517 g/mol. The molecule has 0 bridgehead atoms. The van der Waals surface area contributed by atoms with Crippen molar-refractivity contribution in [3.63, 3.8) is 0 Å². The number of hydrogen-bond acceptors (Lipinski definition) is 8. The minimum atomic E-state index is -0.711. The number of carbonyl (C=O) groups excluding carboxylic acids is 2. The maximum Gasteiger partial charge on any atom is 0.271 e. The Morgan fingerprint density at radius 1 is 1.11 bits per heavy atom. The number of ether oxygens (including phenoxy) is 2. The SMILES string of the molecule is C=CC(=O)Nc1cccc(Oc2nc(Nc3ccc(OC4CCN(C)CC4)cc3)c(C(N)=O)nc2CC)c1. The highest BCUT2D eigenvalue weighted by atomic mass is 16.5. The van der Waals surface area contributed by atoms with Crippen LogP contribution >= 0.6 is 0 Å². The van der Waals surface area contributed by atoms with E-state index in [-0.39, 0.29) is 29.4 Å². The number of carbonyl (C=O) groups is 2. The number of benzene rings is 2. The Morgan fingerprint density at radius 3 is 2.50 bits per heavy atom. The fourth-order valence-corrected chi connectivity index (χ4v) is 4.02. The van der Waals surface area contributed by atoms with Gasteiger partial charge in [-0.15, -0.1) is 0 Å². The molecule has 0 aliphatic carbocycles. The van der Waals surface area contributed by atoms with E-state index in [1.165, 1.54) is 6.08 Å². The molecular formula is C28H32N6O4. The summed E-state index contributed by atoms with van der Waals surface area (Å²) >= 11 is 0. The molecule has 0 spiro atoms. The highest BCUT2D eigenvalue weighted by Gasteiger charge is 2.20. The summed E-state index contributed by atoms with van der Waals surface area (Å²) in [5.41, 5.74) is 7.31. The van der Waals surface area contributed by atoms with Crippen LogP contribution < -0.4 is 25.8 Å². The van der Waals surface area contributed by atoms with Crippen LogP contribution in [0.2, 0.25) is 0 Å². The maximum atomic E-state index is 12.2. The fraction of sp³-hybridized carbons (Fsp3) is 0.286. The monoisotopic (exact) mass is 516 g/mol. The fourth-order valence-electron chi connectivity index (χ4n) is 4.02. The van der Waals surface area contributed by atoms with Crippen molar-refractivity contribution in [2.24, 2.45) is 5.73 Å². The molecule has 1 saturated heterocycles. The Kier molecular flexibility index (Phi) is 8.55. The molecule has 10 heteroatoms. The lowest BCUT2D eigenvalue weighted by Crippen LogP contribution is -2.35. The van der Waals surface area contributed by atoms with Crippen molar-refractivity contribution in [2.75, 3.05) is 30.8 Å². The van der Waals surface area contributed by atoms with E-state index in [2.05, 4.69) is 39.1 Å². The normalized spacial score (nSPS) is 13.9. The molecule has 1 aliphatic rings. The van der Waals surface area contributed by atoms with Crippen LogP contribution in [-0.4, -0.2) is 52.9 Å². The number of hydrogen-bond donors (Lipinski definition) is 3. The number of rotatable bonds is 10. The van der Waals surface area contributed by atoms with Gasteiger partial charge in [0.2, 0.25) is 11.8 Å². The maximum absolute atomic E-state index is 12.2. The summed E-state index contributed by atoms with van der Waals surface area (Å²) in [5, 5.41) is 5.82. The number of primary amides is 1. The van der Waals surface area contributed by atoms with Gasteiger partial charge >= 0.3 is 0 Å². The summed E-state index contributed by atoms with van der Waals surface area (Å²) in [7, 11) is 2.12. The van der Waals surface area contributed by atoms with Crippen molar-refractivity contribution in [3.8, 4) is 17.4 Å². The lowest BCUT2D eigenvalue weighted by atomic mass is 10.1. The van der Waals surface area contributed by atoms with E-state index in [1.807, 2.05) is 31.2 Å². The zero-order valence-corrected chi connectivity index (χ0v) is 21.6. The summed E-state index contributed by atoms with van der Waals surface area (Å²) in [5.74, 6) is 0.553. The second kappa shape index (κ2) is 12.2. The Labute approximate surface area is 221 Å². The molecular weight excluding hydrogens is 484 g/mol. The van der Waals surface area contributed by atoms with Crippen molar-refractivity contribution in [3.05, 3.63) is 72.6 Å². The van der Waals surface area contributed by atoms with Gasteiger partial charge in [0.25, 0.3) is 5.91 Å². The van der Waals surface area contributed by atoms with Crippen molar-refractivity contribution in [2.45, 2.75) is 32.3 Å². The molecule has 0 radical (unpaired) electrons. The highest BCUT2D eigenvalue weighted by molar-refractivity contribution is 5.99. The van der Waals surface area contributed by atoms with Gasteiger partial charge in [0.1, 0.15) is 23.3 Å². The largest absolute Gasteiger partial charge is 0.490 e. The Hall–Kier alpha value is -4.44. The Morgan fingerprint density at radius 2 is 1.84 bits per heavy atom. The van der Waals surface area contributed by atoms with Gasteiger partial charge in [-0.3, -0.25) is 9.59 Å². The quantitative estimate of drug-likeness (QED) is 0.341. The van der Waals surface area contributed by atoms with Crippen LogP contribution in [-0.2, 0) is 11.2 Å². The number of piperidine rings is 1. The molecule has 3 aromatic rings. The molecule has 1 aromatic heterocycles. The van der Waals surface area contributed by atoms with Crippen LogP contribution in [0.5, 0.6) is 17.4 Å². The predicted molar refractivity (Wildman–Crippen MR) is 146 cm³/mol. The number of amides is 2. The van der Waals surface area contributed by atoms with E-state index in [1.54, 1.807) is 24.3 Å². The van der Waals surface area contributed by atoms with Crippen LogP contribution in [0.4, 0.5) is 17.2 Å². The minimum Gasteiger partial charge on any atom is -0.490 e. The third-order valence-electron chi connectivity index (χ3n) is 6.09. The molecule has 4 rings (SSSR count). The van der Waals surface area contributed by atoms with Crippen molar-refractivity contribution in [1.29, 1.82) is 0 Å². The second-order valence-electron chi connectivity index (χ2n) is 8.98. The molecule has 4 N–H and O–H groups in total. The van der Waals surface area contributed by atoms with Gasteiger partial charge in [0.05, 0.1) is 0 Å². The summed E-state index contributed by atoms with van der Waals surface area (Å²) in [6.07, 6.45) is 3.82. The average Bonchev–Trinajstić information content (AvgIpc) is 2.91. The van der Waals surface area contributed by atoms with Gasteiger partial charge in [0, 0.05) is 30.5 Å². The minimum absolute atomic E-state index is 0.00727. The Balaban J connectivity index is 1.54. The van der Waals surface area contributed by atoms with Gasteiger partial charge in [-0.2, -0.15) is 4.98 Å². The number of aromatic nitrogens is 2. The lowest BCUT2D eigenvalue weighted by Gasteiger charge is -2.29. The first kappa shape index (κ1) is 26.6. The zero-order chi connectivity index (χ0) is 27.1. The zero-order valence-electron chi connectivity index (χ0n) is 21.6. The molecule has 1 aliphatic heterocycles. The number of nitrogens with zero attached hydrogens (tertiary/aromatic N) is 3. The smallest absolute Gasteiger partial charge is 0.271 e. The van der Waals surface area contributed by atoms with E-state index in [0.29, 0.717) is 29.2 Å². The van der Waals surface area contributed by atoms with Crippen LogP contribution in [0.25, 0.3) is 0 Å². The van der Waals surface area contributed by atoms with E-state index >= 15 is 0 Å². The van der Waals surface area contributed by atoms with Gasteiger partial charge in [0.15, 0.2) is 11.5 Å². The molecule has 2 heterocycles. The summed E-state index contributed by atoms with van der Waals surface area (Å²) in [6, 6.07) is 14.3. The van der Waals surface area contributed by atoms with E-state index < -0.39 is 5.91 Å². The van der Waals surface area contributed by atoms with Gasteiger partial charge in [-0.05, 0) is 68.8 Å². The number of likely N-dealkylation sites (tertiary alicyclic amines) is 1. The predicted octanol–water partition coefficient (Wildman–Crippen LogP) is 4.27. The molecule has 2 aromatic carbocycles. The van der Waals surface area contributed by atoms with Gasteiger partial charge < -0.3 is 30.7 Å². The van der Waals surface area contributed by atoms with Crippen LogP contribution in [0, 0.1) is 0 Å². The molecule has 38 heavy (non-hydrogen) atoms. The number of anilines is 3. The van der Waals surface area contributed by atoms with Crippen molar-refractivity contribution in [1.82, 2.24) is 14.9 Å². The lowest BCUT2D eigenvalue weighted by molar-refractivity contribution is -0.111. The van der Waals surface area contributed by atoms with Crippen LogP contribution in [0.3, 0.4) is 0 Å². The van der Waals surface area contributed by atoms with Crippen LogP contribution in [0.15, 0.2) is 61.2 Å². The second-order valence-corrected chi connectivity index (χ2v) is 8.98. The van der Waals surface area contributed by atoms with E-state index in [0.717, 1.165) is 31.7 Å². The molecule has 0 unspecified atom stereocenters. The molecule has 2 amide bonds. The first-order chi connectivity index (χ1) is 18.3. The summed E-state index contributed by atoms with van der Waals surface area (Å²) in [4.78, 5) is 35.1. The number of nitrogens with two attached hydrogens (primary N) is 1.